The van der Waals surface area contributed by atoms with Crippen molar-refractivity contribution in [1.82, 2.24) is 9.61 Å². The van der Waals surface area contributed by atoms with Crippen molar-refractivity contribution in [2.24, 2.45) is 0 Å². The molecule has 0 spiro atoms. The molecule has 0 amide bonds. The number of nitrogen functional groups attached to an aromatic ring is 1. The second-order valence-electron chi connectivity index (χ2n) is 9.31. The molecule has 146 valence electrons. The lowest BCUT2D eigenvalue weighted by Crippen LogP contribution is -2.47. The average molecular weight is 378 g/mol. The van der Waals surface area contributed by atoms with Gasteiger partial charge in [0.2, 0.25) is 0 Å². The van der Waals surface area contributed by atoms with E-state index in [-0.39, 0.29) is 10.6 Å². The molecule has 6 heteroatoms. The number of rotatable bonds is 6. The molecule has 0 aliphatic heterocycles. The van der Waals surface area contributed by atoms with Crippen LogP contribution in [-0.4, -0.2) is 30.6 Å². The molecule has 2 aromatic rings. The number of hydrogen-bond donors (Lipinski definition) is 1. The zero-order chi connectivity index (χ0) is 19.9. The van der Waals surface area contributed by atoms with Gasteiger partial charge in [0.25, 0.3) is 0 Å². The van der Waals surface area contributed by atoms with Crippen LogP contribution < -0.4 is 10.5 Å². The molecule has 0 bridgehead atoms. The molecule has 0 fully saturated rings. The highest BCUT2D eigenvalue weighted by Crippen LogP contribution is 2.40. The van der Waals surface area contributed by atoms with E-state index in [2.05, 4.69) is 53.8 Å². The number of hydrogen-bond acceptors (Lipinski definition) is 4. The Labute approximate surface area is 159 Å². The first kappa shape index (κ1) is 20.8. The summed E-state index contributed by atoms with van der Waals surface area (Å²) in [6.45, 7) is 17.8. The Morgan fingerprint density at radius 3 is 2.31 bits per heavy atom. The largest absolute Gasteiger partial charge is 0.493 e. The second kappa shape index (κ2) is 6.89. The maximum Gasteiger partial charge on any atom is 0.192 e. The van der Waals surface area contributed by atoms with Crippen LogP contribution >= 0.6 is 0 Å². The molecular formula is C20H35N3O2Si. The first-order valence-electron chi connectivity index (χ1n) is 9.29. The van der Waals surface area contributed by atoms with Gasteiger partial charge >= 0.3 is 0 Å². The van der Waals surface area contributed by atoms with Crippen LogP contribution in [0.15, 0.2) is 12.1 Å². The molecule has 2 N–H and O–H groups in total. The fraction of sp³-hybridized carbons (Fsp3) is 0.650. The Morgan fingerprint density at radius 1 is 1.15 bits per heavy atom. The van der Waals surface area contributed by atoms with Crippen molar-refractivity contribution in [3.8, 4) is 5.75 Å². The van der Waals surface area contributed by atoms with Crippen LogP contribution in [0.1, 0.15) is 52.4 Å². The Balaban J connectivity index is 2.18. The summed E-state index contributed by atoms with van der Waals surface area (Å²) in [6.07, 6.45) is 1.79. The number of fused-ring (bicyclic) bond motifs is 1. The highest BCUT2D eigenvalue weighted by molar-refractivity contribution is 6.74. The third-order valence-electron chi connectivity index (χ3n) is 5.52. The summed E-state index contributed by atoms with van der Waals surface area (Å²) in [5.41, 5.74) is 9.52. The van der Waals surface area contributed by atoms with E-state index in [0.29, 0.717) is 11.4 Å². The van der Waals surface area contributed by atoms with Crippen molar-refractivity contribution in [2.45, 2.75) is 78.1 Å². The lowest BCUT2D eigenvalue weighted by Gasteiger charge is -2.42. The van der Waals surface area contributed by atoms with Crippen LogP contribution in [0.25, 0.3) is 5.52 Å². The lowest BCUT2D eigenvalue weighted by atomic mass is 10.0. The highest BCUT2D eigenvalue weighted by Gasteiger charge is 2.41. The van der Waals surface area contributed by atoms with Gasteiger partial charge in [-0.1, -0.05) is 20.8 Å². The van der Waals surface area contributed by atoms with Crippen LogP contribution in [-0.2, 0) is 10.8 Å². The maximum absolute atomic E-state index is 6.63. The topological polar surface area (TPSA) is 61.8 Å². The van der Waals surface area contributed by atoms with Crippen molar-refractivity contribution >= 4 is 19.5 Å². The number of pyridine rings is 1. The third-order valence-corrected chi connectivity index (χ3v) is 10.2. The fourth-order valence-corrected chi connectivity index (χ4v) is 4.85. The molecule has 2 heterocycles. The first-order valence-corrected chi connectivity index (χ1v) is 12.2. The number of aryl methyl sites for hydroxylation is 2. The number of anilines is 1. The minimum Gasteiger partial charge on any atom is -0.493 e. The predicted molar refractivity (Wildman–Crippen MR) is 112 cm³/mol. The van der Waals surface area contributed by atoms with Gasteiger partial charge < -0.3 is 14.9 Å². The van der Waals surface area contributed by atoms with E-state index < -0.39 is 8.32 Å². The molecule has 0 radical (unpaired) electrons. The Kier molecular flexibility index (Phi) is 5.50. The summed E-state index contributed by atoms with van der Waals surface area (Å²) in [7, 11) is -0.163. The summed E-state index contributed by atoms with van der Waals surface area (Å²) in [5.74, 6) is 0.689. The van der Waals surface area contributed by atoms with Crippen molar-refractivity contribution in [3.63, 3.8) is 0 Å². The number of nitrogens with zero attached hydrogens (tertiary/aromatic N) is 2. The molecule has 5 nitrogen and oxygen atoms in total. The lowest BCUT2D eigenvalue weighted by molar-refractivity contribution is 0.0824. The van der Waals surface area contributed by atoms with E-state index in [0.717, 1.165) is 29.7 Å². The average Bonchev–Trinajstić information content (AvgIpc) is 2.86. The highest BCUT2D eigenvalue weighted by atomic mass is 28.4. The van der Waals surface area contributed by atoms with Gasteiger partial charge in [0.1, 0.15) is 0 Å². The van der Waals surface area contributed by atoms with Crippen molar-refractivity contribution in [3.05, 3.63) is 23.5 Å². The molecule has 0 saturated carbocycles. The molecule has 0 atom stereocenters. The molecule has 0 aromatic carbocycles. The third kappa shape index (κ3) is 4.23. The fourth-order valence-electron chi connectivity index (χ4n) is 3.06. The standard InChI is InChI=1S/C20H35N3O2Si/c1-14-18(24-7)17(21)13-16-12-15(22-23(14)16)10-11-20(5,6)25-26(8,9)19(2,3)4/h12-13H,10-11,21H2,1-9H3. The van der Waals surface area contributed by atoms with Gasteiger partial charge in [-0.05, 0) is 63.9 Å². The number of methoxy groups -OCH3 is 1. The quantitative estimate of drug-likeness (QED) is 0.722. The summed E-state index contributed by atoms with van der Waals surface area (Å²) >= 11 is 0. The van der Waals surface area contributed by atoms with Crippen molar-refractivity contribution in [1.29, 1.82) is 0 Å². The zero-order valence-corrected chi connectivity index (χ0v) is 18.9. The Morgan fingerprint density at radius 2 is 1.77 bits per heavy atom. The monoisotopic (exact) mass is 377 g/mol. The van der Waals surface area contributed by atoms with Gasteiger partial charge in [0, 0.05) is 0 Å². The van der Waals surface area contributed by atoms with E-state index in [1.807, 2.05) is 17.5 Å². The van der Waals surface area contributed by atoms with Crippen molar-refractivity contribution < 1.29 is 9.16 Å². The van der Waals surface area contributed by atoms with E-state index in [9.17, 15) is 0 Å². The number of aromatic nitrogens is 2. The van der Waals surface area contributed by atoms with Crippen LogP contribution in [0.2, 0.25) is 18.1 Å². The molecule has 26 heavy (non-hydrogen) atoms. The molecule has 2 rings (SSSR count). The van der Waals surface area contributed by atoms with E-state index >= 15 is 0 Å². The van der Waals surface area contributed by atoms with Gasteiger partial charge in [-0.2, -0.15) is 5.10 Å². The molecular weight excluding hydrogens is 342 g/mol. The van der Waals surface area contributed by atoms with Crippen molar-refractivity contribution in [2.75, 3.05) is 12.8 Å². The summed E-state index contributed by atoms with van der Waals surface area (Å²) in [5, 5.41) is 4.95. The van der Waals surface area contributed by atoms with E-state index in [1.54, 1.807) is 7.11 Å². The number of nitrogens with two attached hydrogens (primary N) is 1. The SMILES string of the molecule is COc1c(N)cc2cc(CCC(C)(C)O[Si](C)(C)C(C)(C)C)nn2c1C. The summed E-state index contributed by atoms with van der Waals surface area (Å²) in [4.78, 5) is 0. The molecule has 2 aromatic heterocycles. The van der Waals surface area contributed by atoms with Gasteiger partial charge in [0.15, 0.2) is 14.1 Å². The Hall–Kier alpha value is -1.53. The first-order chi connectivity index (χ1) is 11.8. The minimum atomic E-state index is -1.80. The van der Waals surface area contributed by atoms with Gasteiger partial charge in [-0.25, -0.2) is 4.52 Å². The normalized spacial score (nSPS) is 13.4. The second-order valence-corrected chi connectivity index (χ2v) is 14.0. The smallest absolute Gasteiger partial charge is 0.192 e. The zero-order valence-electron chi connectivity index (χ0n) is 17.9. The van der Waals surface area contributed by atoms with Gasteiger partial charge in [-0.3, -0.25) is 0 Å². The molecule has 0 aliphatic carbocycles. The summed E-state index contributed by atoms with van der Waals surface area (Å²) < 4.78 is 13.9. The number of ether oxygens (including phenoxy) is 1. The van der Waals surface area contributed by atoms with E-state index in [1.165, 1.54) is 0 Å². The Bertz CT molecular complexity index is 788. The van der Waals surface area contributed by atoms with Crippen LogP contribution in [0.5, 0.6) is 5.75 Å². The summed E-state index contributed by atoms with van der Waals surface area (Å²) in [6, 6.07) is 4.02. The predicted octanol–water partition coefficient (Wildman–Crippen LogP) is 4.97. The molecule has 0 saturated heterocycles. The van der Waals surface area contributed by atoms with E-state index in [4.69, 9.17) is 20.0 Å². The molecule has 0 unspecified atom stereocenters. The minimum absolute atomic E-state index is 0.176. The molecule has 0 aliphatic rings. The maximum atomic E-state index is 6.63. The van der Waals surface area contributed by atoms with Crippen LogP contribution in [0, 0.1) is 6.92 Å². The van der Waals surface area contributed by atoms with Crippen LogP contribution in [0.3, 0.4) is 0 Å². The van der Waals surface area contributed by atoms with Gasteiger partial charge in [0.05, 0.1) is 35.3 Å². The van der Waals surface area contributed by atoms with Crippen LogP contribution in [0.4, 0.5) is 5.69 Å². The van der Waals surface area contributed by atoms with Gasteiger partial charge in [-0.15, -0.1) is 0 Å².